The molecule has 2 N–H and O–H groups in total. The summed E-state index contributed by atoms with van der Waals surface area (Å²) in [5.74, 6) is -2.11. The molecule has 3 aromatic rings. The van der Waals surface area contributed by atoms with Gasteiger partial charge in [0.1, 0.15) is 5.82 Å². The van der Waals surface area contributed by atoms with Crippen molar-refractivity contribution in [3.8, 4) is 11.1 Å². The van der Waals surface area contributed by atoms with Crippen molar-refractivity contribution in [3.05, 3.63) is 81.4 Å². The van der Waals surface area contributed by atoms with Crippen LogP contribution < -0.4 is 5.32 Å². The van der Waals surface area contributed by atoms with E-state index >= 15 is 4.39 Å². The van der Waals surface area contributed by atoms with Crippen molar-refractivity contribution in [1.29, 1.82) is 0 Å². The van der Waals surface area contributed by atoms with Gasteiger partial charge in [0.05, 0.1) is 16.6 Å². The predicted molar refractivity (Wildman–Crippen MR) is 145 cm³/mol. The summed E-state index contributed by atoms with van der Waals surface area (Å²) in [6.45, 7) is 5.60. The summed E-state index contributed by atoms with van der Waals surface area (Å²) in [6, 6.07) is 10.5. The Hall–Kier alpha value is -3.25. The van der Waals surface area contributed by atoms with Crippen LogP contribution in [0.15, 0.2) is 42.6 Å². The number of rotatable bonds is 8. The van der Waals surface area contributed by atoms with Gasteiger partial charge < -0.3 is 10.4 Å². The van der Waals surface area contributed by atoms with E-state index in [2.05, 4.69) is 10.3 Å². The Labute approximate surface area is 222 Å². The third kappa shape index (κ3) is 6.02. The molecule has 7 heteroatoms. The van der Waals surface area contributed by atoms with Crippen molar-refractivity contribution in [2.75, 3.05) is 5.32 Å². The van der Waals surface area contributed by atoms with E-state index in [1.54, 1.807) is 18.3 Å². The first-order chi connectivity index (χ1) is 17.7. The number of carbonyl (C=O) groups is 2. The van der Waals surface area contributed by atoms with E-state index in [1.807, 2.05) is 39.0 Å². The van der Waals surface area contributed by atoms with Gasteiger partial charge in [0.25, 0.3) is 0 Å². The SMILES string of the molecule is Cc1cc([C@H](C(=O)Nc2cccc(CCC(=O)O)c2C)C2CCCC2)c(F)cc1-c1cnc(C)c(Cl)c1. The number of carbonyl (C=O) groups excluding carboxylic acids is 1. The molecule has 1 aliphatic carbocycles. The molecule has 1 amide bonds. The number of hydrogen-bond donors (Lipinski definition) is 2. The summed E-state index contributed by atoms with van der Waals surface area (Å²) in [5, 5.41) is 12.6. The van der Waals surface area contributed by atoms with E-state index < -0.39 is 17.7 Å². The Kier molecular flexibility index (Phi) is 8.28. The first-order valence-corrected chi connectivity index (χ1v) is 13.1. The number of aliphatic carboxylic acids is 1. The third-order valence-electron chi connectivity index (χ3n) is 7.48. The molecule has 0 radical (unpaired) electrons. The van der Waals surface area contributed by atoms with Gasteiger partial charge in [0.15, 0.2) is 0 Å². The highest BCUT2D eigenvalue weighted by Gasteiger charge is 2.34. The molecule has 1 fully saturated rings. The van der Waals surface area contributed by atoms with Gasteiger partial charge in [-0.05, 0) is 86.4 Å². The molecule has 194 valence electrons. The topological polar surface area (TPSA) is 79.3 Å². The fourth-order valence-electron chi connectivity index (χ4n) is 5.35. The number of aryl methyl sites for hydroxylation is 3. The minimum absolute atomic E-state index is 0.0154. The number of nitrogens with one attached hydrogen (secondary N) is 1. The molecular weight excluding hydrogens is 491 g/mol. The molecule has 1 aromatic heterocycles. The smallest absolute Gasteiger partial charge is 0.303 e. The van der Waals surface area contributed by atoms with Crippen molar-refractivity contribution in [3.63, 3.8) is 0 Å². The van der Waals surface area contributed by atoms with Gasteiger partial charge in [-0.2, -0.15) is 0 Å². The second-order valence-electron chi connectivity index (χ2n) is 9.97. The van der Waals surface area contributed by atoms with E-state index in [1.165, 1.54) is 6.07 Å². The number of carboxylic acids is 1. The zero-order valence-electron chi connectivity index (χ0n) is 21.4. The summed E-state index contributed by atoms with van der Waals surface area (Å²) in [5.41, 5.74) is 5.72. The van der Waals surface area contributed by atoms with Crippen molar-refractivity contribution in [1.82, 2.24) is 4.98 Å². The van der Waals surface area contributed by atoms with Gasteiger partial charge in [-0.25, -0.2) is 4.39 Å². The number of amides is 1. The number of pyridine rings is 1. The quantitative estimate of drug-likeness (QED) is 0.323. The molecule has 1 heterocycles. The Morgan fingerprint density at radius 3 is 2.57 bits per heavy atom. The fraction of sp³-hybridized carbons (Fsp3) is 0.367. The van der Waals surface area contributed by atoms with Crippen LogP contribution in [0.3, 0.4) is 0 Å². The van der Waals surface area contributed by atoms with Gasteiger partial charge in [0, 0.05) is 29.4 Å². The Bertz CT molecular complexity index is 1330. The molecule has 0 bridgehead atoms. The molecule has 0 unspecified atom stereocenters. The summed E-state index contributed by atoms with van der Waals surface area (Å²) in [7, 11) is 0. The Morgan fingerprint density at radius 2 is 1.89 bits per heavy atom. The Morgan fingerprint density at radius 1 is 1.16 bits per heavy atom. The Balaban J connectivity index is 1.67. The van der Waals surface area contributed by atoms with Crippen LogP contribution >= 0.6 is 11.6 Å². The maximum absolute atomic E-state index is 15.7. The lowest BCUT2D eigenvalue weighted by Crippen LogP contribution is -2.28. The van der Waals surface area contributed by atoms with Gasteiger partial charge in [-0.3, -0.25) is 14.6 Å². The van der Waals surface area contributed by atoms with Gasteiger partial charge in [-0.15, -0.1) is 0 Å². The van der Waals surface area contributed by atoms with Crippen molar-refractivity contribution >= 4 is 29.2 Å². The summed E-state index contributed by atoms with van der Waals surface area (Å²) < 4.78 is 15.7. The van der Waals surface area contributed by atoms with Crippen LogP contribution in [0.25, 0.3) is 11.1 Å². The highest BCUT2D eigenvalue weighted by Crippen LogP contribution is 2.41. The van der Waals surface area contributed by atoms with Crippen LogP contribution in [0, 0.1) is 32.5 Å². The van der Waals surface area contributed by atoms with Crippen LogP contribution in [-0.2, 0) is 16.0 Å². The maximum Gasteiger partial charge on any atom is 0.303 e. The molecular formula is C30H32ClFN2O3. The highest BCUT2D eigenvalue weighted by molar-refractivity contribution is 6.31. The number of anilines is 1. The van der Waals surface area contributed by atoms with Crippen molar-refractivity contribution in [2.24, 2.45) is 5.92 Å². The molecule has 0 spiro atoms. The van der Waals surface area contributed by atoms with E-state index in [0.29, 0.717) is 34.0 Å². The van der Waals surface area contributed by atoms with Crippen molar-refractivity contribution in [2.45, 2.75) is 65.2 Å². The molecule has 5 nitrogen and oxygen atoms in total. The third-order valence-corrected chi connectivity index (χ3v) is 7.86. The zero-order valence-corrected chi connectivity index (χ0v) is 22.2. The molecule has 0 saturated heterocycles. The number of hydrogen-bond acceptors (Lipinski definition) is 3. The number of benzene rings is 2. The molecule has 1 atom stereocenters. The summed E-state index contributed by atoms with van der Waals surface area (Å²) >= 11 is 6.26. The van der Waals surface area contributed by atoms with E-state index in [0.717, 1.165) is 47.9 Å². The average molecular weight is 523 g/mol. The van der Waals surface area contributed by atoms with Crippen LogP contribution in [-0.4, -0.2) is 22.0 Å². The highest BCUT2D eigenvalue weighted by atomic mass is 35.5. The minimum Gasteiger partial charge on any atom is -0.481 e. The van der Waals surface area contributed by atoms with Gasteiger partial charge in [0.2, 0.25) is 5.91 Å². The average Bonchev–Trinajstić information content (AvgIpc) is 3.38. The lowest BCUT2D eigenvalue weighted by molar-refractivity contribution is -0.137. The molecule has 0 aliphatic heterocycles. The zero-order chi connectivity index (χ0) is 26.7. The standard InChI is InChI=1S/C30H32ClFN2O3/c1-17-13-24(26(32)15-23(17)22-14-25(31)19(3)33-16-22)29(21-7-4-5-8-21)30(37)34-27-10-6-9-20(18(27)2)11-12-28(35)36/h6,9-10,13-16,21,29H,4-5,7-8,11-12H2,1-3H3,(H,34,37)(H,35,36)/t29-/m1/s1. The van der Waals surface area contributed by atoms with E-state index in [9.17, 15) is 9.59 Å². The molecule has 2 aromatic carbocycles. The fourth-order valence-corrected chi connectivity index (χ4v) is 5.51. The van der Waals surface area contributed by atoms with Gasteiger partial charge in [-0.1, -0.05) is 42.6 Å². The number of halogens is 2. The van der Waals surface area contributed by atoms with E-state index in [-0.39, 0.29) is 18.2 Å². The second kappa shape index (κ2) is 11.4. The summed E-state index contributed by atoms with van der Waals surface area (Å²) in [4.78, 5) is 29.1. The van der Waals surface area contributed by atoms with Crippen LogP contribution in [0.4, 0.5) is 10.1 Å². The maximum atomic E-state index is 15.7. The van der Waals surface area contributed by atoms with Gasteiger partial charge >= 0.3 is 5.97 Å². The van der Waals surface area contributed by atoms with Crippen LogP contribution in [0.5, 0.6) is 0 Å². The first kappa shape index (κ1) is 26.8. The van der Waals surface area contributed by atoms with Crippen molar-refractivity contribution < 1.29 is 19.1 Å². The molecule has 1 saturated carbocycles. The largest absolute Gasteiger partial charge is 0.481 e. The van der Waals surface area contributed by atoms with Crippen LogP contribution in [0.1, 0.15) is 66.0 Å². The second-order valence-corrected chi connectivity index (χ2v) is 10.4. The predicted octanol–water partition coefficient (Wildman–Crippen LogP) is 7.40. The first-order valence-electron chi connectivity index (χ1n) is 12.7. The molecule has 4 rings (SSSR count). The lowest BCUT2D eigenvalue weighted by atomic mass is 9.82. The van der Waals surface area contributed by atoms with E-state index in [4.69, 9.17) is 16.7 Å². The minimum atomic E-state index is -0.867. The number of aromatic nitrogens is 1. The summed E-state index contributed by atoms with van der Waals surface area (Å²) in [6.07, 6.45) is 5.85. The molecule has 37 heavy (non-hydrogen) atoms. The number of nitrogens with zero attached hydrogens (tertiary/aromatic N) is 1. The van der Waals surface area contributed by atoms with Crippen LogP contribution in [0.2, 0.25) is 5.02 Å². The normalized spacial score (nSPS) is 14.5. The monoisotopic (exact) mass is 522 g/mol. The lowest BCUT2D eigenvalue weighted by Gasteiger charge is -2.25. The number of carboxylic acid groups (broad SMARTS) is 1. The molecule has 1 aliphatic rings.